The standard InChI is InChI=1S/C16H18N4O4S/c21-13(18-19-16(24)15(23)17-10-5-6-10)7-8-20-11-3-1-2-4-12(11)25-9-14(20)22/h1-4,10H,5-9H2,(H,17,23)(H,18,21)(H,19,24). The third kappa shape index (κ3) is 4.50. The van der Waals surface area contributed by atoms with E-state index in [4.69, 9.17) is 0 Å². The Morgan fingerprint density at radius 2 is 1.88 bits per heavy atom. The molecule has 0 aromatic heterocycles. The van der Waals surface area contributed by atoms with Gasteiger partial charge in [0.05, 0.1) is 11.4 Å². The Hall–Kier alpha value is -2.55. The number of nitrogens with one attached hydrogen (secondary N) is 3. The second-order valence-electron chi connectivity index (χ2n) is 5.80. The smallest absolute Gasteiger partial charge is 0.327 e. The number of thioether (sulfide) groups is 1. The quantitative estimate of drug-likeness (QED) is 0.514. The van der Waals surface area contributed by atoms with Crippen LogP contribution in [0.3, 0.4) is 0 Å². The highest BCUT2D eigenvalue weighted by Crippen LogP contribution is 2.34. The molecule has 1 aromatic carbocycles. The number of carbonyl (C=O) groups is 4. The highest BCUT2D eigenvalue weighted by molar-refractivity contribution is 8.00. The van der Waals surface area contributed by atoms with Crippen LogP contribution in [0.4, 0.5) is 5.69 Å². The van der Waals surface area contributed by atoms with Crippen LogP contribution in [0.5, 0.6) is 0 Å². The average molecular weight is 362 g/mol. The lowest BCUT2D eigenvalue weighted by Gasteiger charge is -2.28. The minimum atomic E-state index is -0.906. The van der Waals surface area contributed by atoms with Crippen molar-refractivity contribution in [2.24, 2.45) is 0 Å². The molecule has 0 unspecified atom stereocenters. The Labute approximate surface area is 148 Å². The summed E-state index contributed by atoms with van der Waals surface area (Å²) in [7, 11) is 0. The predicted octanol–water partition coefficient (Wildman–Crippen LogP) is -0.0586. The van der Waals surface area contributed by atoms with Gasteiger partial charge in [-0.3, -0.25) is 30.0 Å². The van der Waals surface area contributed by atoms with E-state index < -0.39 is 17.7 Å². The van der Waals surface area contributed by atoms with Gasteiger partial charge in [0.15, 0.2) is 0 Å². The second kappa shape index (κ2) is 7.56. The molecule has 132 valence electrons. The number of amides is 4. The fraction of sp³-hybridized carbons (Fsp3) is 0.375. The van der Waals surface area contributed by atoms with E-state index >= 15 is 0 Å². The van der Waals surface area contributed by atoms with E-state index in [1.165, 1.54) is 11.8 Å². The molecule has 25 heavy (non-hydrogen) atoms. The number of carbonyl (C=O) groups excluding carboxylic acids is 4. The van der Waals surface area contributed by atoms with Crippen molar-refractivity contribution >= 4 is 41.1 Å². The van der Waals surface area contributed by atoms with Gasteiger partial charge in [0.25, 0.3) is 0 Å². The highest BCUT2D eigenvalue weighted by Gasteiger charge is 2.27. The fourth-order valence-corrected chi connectivity index (χ4v) is 3.27. The Morgan fingerprint density at radius 3 is 2.64 bits per heavy atom. The van der Waals surface area contributed by atoms with Gasteiger partial charge in [0, 0.05) is 23.9 Å². The summed E-state index contributed by atoms with van der Waals surface area (Å²) in [4.78, 5) is 49.5. The van der Waals surface area contributed by atoms with Crippen LogP contribution in [-0.2, 0) is 19.2 Å². The van der Waals surface area contributed by atoms with E-state index in [0.29, 0.717) is 5.75 Å². The van der Waals surface area contributed by atoms with Gasteiger partial charge >= 0.3 is 11.8 Å². The number of benzene rings is 1. The molecule has 2 aliphatic rings. The highest BCUT2D eigenvalue weighted by atomic mass is 32.2. The number of hydrogen-bond donors (Lipinski definition) is 3. The van der Waals surface area contributed by atoms with Crippen LogP contribution in [0, 0.1) is 0 Å². The largest absolute Gasteiger partial charge is 0.345 e. The van der Waals surface area contributed by atoms with Crippen molar-refractivity contribution in [3.05, 3.63) is 24.3 Å². The lowest BCUT2D eigenvalue weighted by molar-refractivity contribution is -0.141. The summed E-state index contributed by atoms with van der Waals surface area (Å²) < 4.78 is 0. The molecule has 0 bridgehead atoms. The first-order valence-corrected chi connectivity index (χ1v) is 8.95. The zero-order chi connectivity index (χ0) is 17.8. The molecule has 1 aromatic rings. The van der Waals surface area contributed by atoms with Crippen LogP contribution >= 0.6 is 11.8 Å². The molecule has 1 aliphatic carbocycles. The Balaban J connectivity index is 1.46. The van der Waals surface area contributed by atoms with Crippen molar-refractivity contribution in [1.82, 2.24) is 16.2 Å². The fourth-order valence-electron chi connectivity index (χ4n) is 2.34. The molecule has 3 N–H and O–H groups in total. The van der Waals surface area contributed by atoms with Gasteiger partial charge < -0.3 is 10.2 Å². The van der Waals surface area contributed by atoms with Crippen molar-refractivity contribution in [1.29, 1.82) is 0 Å². The minimum Gasteiger partial charge on any atom is -0.345 e. The van der Waals surface area contributed by atoms with Crippen LogP contribution in [0.1, 0.15) is 19.3 Å². The van der Waals surface area contributed by atoms with Gasteiger partial charge in [-0.15, -0.1) is 11.8 Å². The van der Waals surface area contributed by atoms with Crippen LogP contribution in [0.2, 0.25) is 0 Å². The topological polar surface area (TPSA) is 108 Å². The first-order valence-electron chi connectivity index (χ1n) is 7.96. The molecule has 8 nitrogen and oxygen atoms in total. The number of anilines is 1. The van der Waals surface area contributed by atoms with E-state index in [-0.39, 0.29) is 24.9 Å². The monoisotopic (exact) mass is 362 g/mol. The third-order valence-electron chi connectivity index (χ3n) is 3.80. The predicted molar refractivity (Wildman–Crippen MR) is 91.6 cm³/mol. The van der Waals surface area contributed by atoms with Gasteiger partial charge in [-0.2, -0.15) is 0 Å². The Morgan fingerprint density at radius 1 is 1.12 bits per heavy atom. The first-order chi connectivity index (χ1) is 12.0. The van der Waals surface area contributed by atoms with Crippen molar-refractivity contribution in [2.75, 3.05) is 17.2 Å². The molecule has 9 heteroatoms. The summed E-state index contributed by atoms with van der Waals surface area (Å²) in [6.07, 6.45) is 1.75. The van der Waals surface area contributed by atoms with Crippen LogP contribution in [-0.4, -0.2) is 42.0 Å². The molecule has 0 saturated heterocycles. The summed E-state index contributed by atoms with van der Waals surface area (Å²) in [5, 5.41) is 2.52. The van der Waals surface area contributed by atoms with Crippen LogP contribution in [0.15, 0.2) is 29.2 Å². The lowest BCUT2D eigenvalue weighted by atomic mass is 10.2. The number of hydrazine groups is 1. The average Bonchev–Trinajstić information content (AvgIpc) is 3.42. The molecule has 0 spiro atoms. The van der Waals surface area contributed by atoms with Gasteiger partial charge in [-0.05, 0) is 25.0 Å². The lowest BCUT2D eigenvalue weighted by Crippen LogP contribution is -2.49. The van der Waals surface area contributed by atoms with E-state index in [1.54, 1.807) is 4.90 Å². The van der Waals surface area contributed by atoms with Gasteiger partial charge in [0.1, 0.15) is 0 Å². The molecule has 0 radical (unpaired) electrons. The molecular weight excluding hydrogens is 344 g/mol. The molecule has 4 amide bonds. The number of rotatable bonds is 4. The molecule has 3 rings (SSSR count). The minimum absolute atomic E-state index is 0.00919. The SMILES string of the molecule is O=C(CCN1C(=O)CSc2ccccc21)NNC(=O)C(=O)NC1CC1. The number of fused-ring (bicyclic) bond motifs is 1. The third-order valence-corrected chi connectivity index (χ3v) is 4.85. The first kappa shape index (κ1) is 17.3. The zero-order valence-electron chi connectivity index (χ0n) is 13.4. The van der Waals surface area contributed by atoms with Crippen molar-refractivity contribution in [3.63, 3.8) is 0 Å². The van der Waals surface area contributed by atoms with Crippen LogP contribution in [0.25, 0.3) is 0 Å². The maximum Gasteiger partial charge on any atom is 0.327 e. The zero-order valence-corrected chi connectivity index (χ0v) is 14.2. The number of para-hydroxylation sites is 1. The van der Waals surface area contributed by atoms with Gasteiger partial charge in [-0.25, -0.2) is 0 Å². The summed E-state index contributed by atoms with van der Waals surface area (Å²) >= 11 is 1.47. The van der Waals surface area contributed by atoms with Crippen LogP contribution < -0.4 is 21.1 Å². The van der Waals surface area contributed by atoms with Crippen molar-refractivity contribution < 1.29 is 19.2 Å². The van der Waals surface area contributed by atoms with Crippen molar-refractivity contribution in [2.45, 2.75) is 30.2 Å². The molecule has 1 aliphatic heterocycles. The number of hydrogen-bond acceptors (Lipinski definition) is 5. The normalized spacial score (nSPS) is 16.0. The maximum absolute atomic E-state index is 12.1. The Kier molecular flexibility index (Phi) is 5.22. The van der Waals surface area contributed by atoms with E-state index in [1.807, 2.05) is 24.3 Å². The van der Waals surface area contributed by atoms with Gasteiger partial charge in [0.2, 0.25) is 11.8 Å². The van der Waals surface area contributed by atoms with E-state index in [2.05, 4.69) is 16.2 Å². The molecule has 1 fully saturated rings. The van der Waals surface area contributed by atoms with E-state index in [0.717, 1.165) is 23.4 Å². The van der Waals surface area contributed by atoms with Crippen molar-refractivity contribution in [3.8, 4) is 0 Å². The molecular formula is C16H18N4O4S. The number of nitrogens with zero attached hydrogens (tertiary/aromatic N) is 1. The summed E-state index contributed by atoms with van der Waals surface area (Å²) in [5.74, 6) is -1.88. The van der Waals surface area contributed by atoms with Gasteiger partial charge in [-0.1, -0.05) is 12.1 Å². The summed E-state index contributed by atoms with van der Waals surface area (Å²) in [5.41, 5.74) is 5.05. The Bertz CT molecular complexity index is 720. The maximum atomic E-state index is 12.1. The van der Waals surface area contributed by atoms with E-state index in [9.17, 15) is 19.2 Å². The second-order valence-corrected chi connectivity index (χ2v) is 6.82. The summed E-state index contributed by atoms with van der Waals surface area (Å²) in [6.45, 7) is 0.201. The summed E-state index contributed by atoms with van der Waals surface area (Å²) in [6, 6.07) is 7.56. The molecule has 1 heterocycles. The molecule has 0 atom stereocenters. The molecule has 1 saturated carbocycles.